The van der Waals surface area contributed by atoms with Gasteiger partial charge in [0.2, 0.25) is 5.91 Å². The summed E-state index contributed by atoms with van der Waals surface area (Å²) in [7, 11) is 0. The lowest BCUT2D eigenvalue weighted by Crippen LogP contribution is -2.31. The van der Waals surface area contributed by atoms with E-state index in [1.54, 1.807) is 0 Å². The van der Waals surface area contributed by atoms with Crippen molar-refractivity contribution < 1.29 is 14.3 Å². The minimum Gasteiger partial charge on any atom is -0.486 e. The highest BCUT2D eigenvalue weighted by Crippen LogP contribution is 2.32. The van der Waals surface area contributed by atoms with Crippen molar-refractivity contribution >= 4 is 17.3 Å². The van der Waals surface area contributed by atoms with Crippen LogP contribution in [-0.4, -0.2) is 32.2 Å². The number of carbonyl (C=O) groups is 1. The molecule has 0 aliphatic carbocycles. The summed E-state index contributed by atoms with van der Waals surface area (Å²) >= 11 is 0. The first-order chi connectivity index (χ1) is 11.3. The number of anilines is 2. The zero-order valence-corrected chi connectivity index (χ0v) is 12.7. The number of carbonyl (C=O) groups excluding carboxylic acids is 1. The molecule has 2 aromatic rings. The average molecular weight is 310 g/mol. The molecule has 0 unspecified atom stereocenters. The van der Waals surface area contributed by atoms with Crippen LogP contribution in [0.3, 0.4) is 0 Å². The summed E-state index contributed by atoms with van der Waals surface area (Å²) in [5, 5.41) is 2.93. The summed E-state index contributed by atoms with van der Waals surface area (Å²) in [5.74, 6) is 1.38. The Kier molecular flexibility index (Phi) is 3.54. The van der Waals surface area contributed by atoms with Crippen LogP contribution in [0.2, 0.25) is 0 Å². The van der Waals surface area contributed by atoms with Crippen LogP contribution in [0.4, 0.5) is 11.4 Å². The highest BCUT2D eigenvalue weighted by atomic mass is 16.6. The molecular formula is C18H18N2O3. The van der Waals surface area contributed by atoms with Gasteiger partial charge in [-0.1, -0.05) is 18.2 Å². The quantitative estimate of drug-likeness (QED) is 0.946. The van der Waals surface area contributed by atoms with Crippen LogP contribution in [0.1, 0.15) is 5.56 Å². The summed E-state index contributed by atoms with van der Waals surface area (Å²) in [6.45, 7) is 2.33. The number of ether oxygens (including phenoxy) is 2. The molecule has 0 saturated heterocycles. The van der Waals surface area contributed by atoms with Gasteiger partial charge in [0.15, 0.2) is 11.5 Å². The van der Waals surface area contributed by atoms with Gasteiger partial charge in [0.05, 0.1) is 6.54 Å². The molecule has 0 aromatic heterocycles. The molecule has 2 aliphatic rings. The molecule has 5 heteroatoms. The van der Waals surface area contributed by atoms with Crippen LogP contribution < -0.4 is 19.7 Å². The topological polar surface area (TPSA) is 50.8 Å². The molecule has 23 heavy (non-hydrogen) atoms. The maximum Gasteiger partial charge on any atom is 0.243 e. The highest BCUT2D eigenvalue weighted by molar-refractivity contribution is 5.94. The van der Waals surface area contributed by atoms with Crippen LogP contribution in [0.25, 0.3) is 0 Å². The molecule has 4 rings (SSSR count). The summed E-state index contributed by atoms with van der Waals surface area (Å²) in [5.41, 5.74) is 3.19. The summed E-state index contributed by atoms with van der Waals surface area (Å²) in [6, 6.07) is 13.7. The van der Waals surface area contributed by atoms with E-state index in [9.17, 15) is 4.79 Å². The number of hydrogen-bond donors (Lipinski definition) is 1. The number of nitrogens with one attached hydrogen (secondary N) is 1. The van der Waals surface area contributed by atoms with E-state index in [-0.39, 0.29) is 5.91 Å². The normalized spacial score (nSPS) is 15.2. The first-order valence-electron chi connectivity index (χ1n) is 7.82. The molecule has 1 N–H and O–H groups in total. The Bertz CT molecular complexity index is 745. The highest BCUT2D eigenvalue weighted by Gasteiger charge is 2.20. The van der Waals surface area contributed by atoms with E-state index in [1.807, 2.05) is 30.3 Å². The van der Waals surface area contributed by atoms with Gasteiger partial charge in [-0.25, -0.2) is 0 Å². The fourth-order valence-electron chi connectivity index (χ4n) is 3.07. The van der Waals surface area contributed by atoms with E-state index in [4.69, 9.17) is 9.47 Å². The Morgan fingerprint density at radius 1 is 1.09 bits per heavy atom. The smallest absolute Gasteiger partial charge is 0.243 e. The van der Waals surface area contributed by atoms with Crippen molar-refractivity contribution in [2.24, 2.45) is 0 Å². The molecule has 0 radical (unpaired) electrons. The zero-order chi connectivity index (χ0) is 15.6. The van der Waals surface area contributed by atoms with Gasteiger partial charge in [-0.3, -0.25) is 4.79 Å². The Balaban J connectivity index is 1.43. The van der Waals surface area contributed by atoms with Crippen LogP contribution in [0.15, 0.2) is 42.5 Å². The molecule has 0 saturated carbocycles. The maximum absolute atomic E-state index is 12.3. The van der Waals surface area contributed by atoms with Gasteiger partial charge < -0.3 is 19.7 Å². The van der Waals surface area contributed by atoms with Crippen LogP contribution >= 0.6 is 0 Å². The van der Waals surface area contributed by atoms with Crippen molar-refractivity contribution in [3.63, 3.8) is 0 Å². The second kappa shape index (κ2) is 5.83. The Morgan fingerprint density at radius 3 is 2.83 bits per heavy atom. The number of nitrogens with zero attached hydrogens (tertiary/aromatic N) is 1. The molecule has 2 heterocycles. The van der Waals surface area contributed by atoms with E-state index < -0.39 is 0 Å². The number of hydrogen-bond acceptors (Lipinski definition) is 4. The first-order valence-corrected chi connectivity index (χ1v) is 7.82. The van der Waals surface area contributed by atoms with Crippen LogP contribution in [0, 0.1) is 0 Å². The van der Waals surface area contributed by atoms with Crippen LogP contribution in [0.5, 0.6) is 11.5 Å². The van der Waals surface area contributed by atoms with Crippen molar-refractivity contribution in [3.05, 3.63) is 48.0 Å². The Morgan fingerprint density at radius 2 is 1.91 bits per heavy atom. The molecule has 118 valence electrons. The van der Waals surface area contributed by atoms with E-state index >= 15 is 0 Å². The van der Waals surface area contributed by atoms with Crippen LogP contribution in [-0.2, 0) is 11.2 Å². The summed E-state index contributed by atoms with van der Waals surface area (Å²) in [6.07, 6.45) is 0.994. The van der Waals surface area contributed by atoms with Gasteiger partial charge in [-0.15, -0.1) is 0 Å². The monoisotopic (exact) mass is 310 g/mol. The number of fused-ring (bicyclic) bond motifs is 2. The molecule has 1 amide bonds. The van der Waals surface area contributed by atoms with E-state index in [1.165, 1.54) is 5.56 Å². The maximum atomic E-state index is 12.3. The SMILES string of the molecule is O=C(CN1CCc2ccccc21)Nc1ccc2c(c1)OCCO2. The largest absolute Gasteiger partial charge is 0.486 e. The van der Waals surface area contributed by atoms with Gasteiger partial charge in [0, 0.05) is 24.0 Å². The lowest BCUT2D eigenvalue weighted by atomic mass is 10.2. The van der Waals surface area contributed by atoms with Crippen molar-refractivity contribution in [3.8, 4) is 11.5 Å². The molecule has 0 bridgehead atoms. The minimum atomic E-state index is -0.0293. The standard InChI is InChI=1S/C18H18N2O3/c21-18(12-20-8-7-13-3-1-2-4-15(13)20)19-14-5-6-16-17(11-14)23-10-9-22-16/h1-6,11H,7-10,12H2,(H,19,21). The van der Waals surface area contributed by atoms with E-state index in [0.29, 0.717) is 25.5 Å². The fraction of sp³-hybridized carbons (Fsp3) is 0.278. The minimum absolute atomic E-state index is 0.0293. The molecule has 0 spiro atoms. The van der Waals surface area contributed by atoms with E-state index in [0.717, 1.165) is 30.1 Å². The predicted octanol–water partition coefficient (Wildman–Crippen LogP) is 2.46. The number of amides is 1. The molecule has 0 fully saturated rings. The summed E-state index contributed by atoms with van der Waals surface area (Å²) < 4.78 is 11.0. The molecule has 2 aromatic carbocycles. The Labute approximate surface area is 134 Å². The third-order valence-corrected chi connectivity index (χ3v) is 4.14. The third-order valence-electron chi connectivity index (χ3n) is 4.14. The van der Waals surface area contributed by atoms with E-state index in [2.05, 4.69) is 22.3 Å². The van der Waals surface area contributed by atoms with Gasteiger partial charge in [0.1, 0.15) is 13.2 Å². The molecule has 5 nitrogen and oxygen atoms in total. The lowest BCUT2D eigenvalue weighted by Gasteiger charge is -2.20. The Hall–Kier alpha value is -2.69. The van der Waals surface area contributed by atoms with Gasteiger partial charge in [-0.2, -0.15) is 0 Å². The summed E-state index contributed by atoms with van der Waals surface area (Å²) in [4.78, 5) is 14.4. The average Bonchev–Trinajstić information content (AvgIpc) is 2.98. The first kappa shape index (κ1) is 13.9. The third kappa shape index (κ3) is 2.82. The molecule has 0 atom stereocenters. The zero-order valence-electron chi connectivity index (χ0n) is 12.7. The van der Waals surface area contributed by atoms with Crippen molar-refractivity contribution in [1.82, 2.24) is 0 Å². The predicted molar refractivity (Wildman–Crippen MR) is 88.4 cm³/mol. The van der Waals surface area contributed by atoms with Gasteiger partial charge in [0.25, 0.3) is 0 Å². The second-order valence-corrected chi connectivity index (χ2v) is 5.71. The molecular weight excluding hydrogens is 292 g/mol. The van der Waals surface area contributed by atoms with Gasteiger partial charge >= 0.3 is 0 Å². The van der Waals surface area contributed by atoms with Crippen molar-refractivity contribution in [2.45, 2.75) is 6.42 Å². The van der Waals surface area contributed by atoms with Crippen molar-refractivity contribution in [2.75, 3.05) is 36.5 Å². The fourth-order valence-corrected chi connectivity index (χ4v) is 3.07. The number of benzene rings is 2. The number of para-hydroxylation sites is 1. The van der Waals surface area contributed by atoms with Gasteiger partial charge in [-0.05, 0) is 30.2 Å². The second-order valence-electron chi connectivity index (χ2n) is 5.71. The number of rotatable bonds is 3. The lowest BCUT2D eigenvalue weighted by molar-refractivity contribution is -0.115. The van der Waals surface area contributed by atoms with Crippen molar-refractivity contribution in [1.29, 1.82) is 0 Å². The molecule has 2 aliphatic heterocycles.